The van der Waals surface area contributed by atoms with Crippen LogP contribution < -0.4 is 5.73 Å². The highest BCUT2D eigenvalue weighted by Gasteiger charge is 2.23. The first-order chi connectivity index (χ1) is 8.38. The third-order valence-electron chi connectivity index (χ3n) is 2.45. The van der Waals surface area contributed by atoms with Gasteiger partial charge in [-0.15, -0.1) is 0 Å². The van der Waals surface area contributed by atoms with Crippen molar-refractivity contribution in [3.63, 3.8) is 0 Å². The van der Waals surface area contributed by atoms with Crippen molar-refractivity contribution in [3.8, 4) is 0 Å². The number of nitrogens with two attached hydrogens (primary N) is 1. The monoisotopic (exact) mass is 261 g/mol. The van der Waals surface area contributed by atoms with E-state index >= 15 is 0 Å². The number of halogens is 2. The summed E-state index contributed by atoms with van der Waals surface area (Å²) in [5.41, 5.74) is 3.83. The Morgan fingerprint density at radius 1 is 1.28 bits per heavy atom. The number of aliphatic hydroxyl groups is 2. The molecule has 0 amide bonds. The number of aromatic carboxylic acids is 1. The third kappa shape index (κ3) is 3.00. The van der Waals surface area contributed by atoms with Crippen molar-refractivity contribution in [3.05, 3.63) is 34.9 Å². The summed E-state index contributed by atoms with van der Waals surface area (Å²) in [4.78, 5) is 10.6. The molecule has 0 aliphatic carbocycles. The molecule has 0 fully saturated rings. The zero-order valence-corrected chi connectivity index (χ0v) is 9.31. The molecule has 5 nitrogen and oxygen atoms in total. The number of carbonyl (C=O) groups is 1. The number of hydrogen-bond donors (Lipinski definition) is 4. The van der Waals surface area contributed by atoms with Crippen LogP contribution >= 0.6 is 0 Å². The highest BCUT2D eigenvalue weighted by atomic mass is 19.1. The fourth-order valence-electron chi connectivity index (χ4n) is 1.52. The standard InChI is InChI=1S/C11H13F2NO4/c12-6-3-5(10(16)8(15)1-2-14)4-7(13)9(6)11(17)18/h3-4,8,10,15-16H,1-2,14H2,(H,17,18). The smallest absolute Gasteiger partial charge is 0.341 e. The maximum absolute atomic E-state index is 13.3. The van der Waals surface area contributed by atoms with E-state index in [1.54, 1.807) is 0 Å². The highest BCUT2D eigenvalue weighted by molar-refractivity contribution is 5.88. The average molecular weight is 261 g/mol. The lowest BCUT2D eigenvalue weighted by molar-refractivity contribution is 0.0146. The van der Waals surface area contributed by atoms with Crippen LogP contribution in [-0.2, 0) is 0 Å². The third-order valence-corrected chi connectivity index (χ3v) is 2.45. The predicted octanol–water partition coefficient (Wildman–Crippen LogP) is 0.406. The second-order valence-electron chi connectivity index (χ2n) is 3.75. The highest BCUT2D eigenvalue weighted by Crippen LogP contribution is 2.23. The van der Waals surface area contributed by atoms with Gasteiger partial charge in [-0.05, 0) is 30.7 Å². The van der Waals surface area contributed by atoms with Gasteiger partial charge in [0.15, 0.2) is 0 Å². The number of hydrogen-bond acceptors (Lipinski definition) is 4. The van der Waals surface area contributed by atoms with Gasteiger partial charge < -0.3 is 21.1 Å². The molecule has 0 spiro atoms. The summed E-state index contributed by atoms with van der Waals surface area (Å²) in [6.45, 7) is 0.0937. The average Bonchev–Trinajstić information content (AvgIpc) is 2.26. The first-order valence-corrected chi connectivity index (χ1v) is 5.17. The zero-order chi connectivity index (χ0) is 13.9. The van der Waals surface area contributed by atoms with E-state index in [1.165, 1.54) is 0 Å². The minimum absolute atomic E-state index is 0.0467. The molecular weight excluding hydrogens is 248 g/mol. The van der Waals surface area contributed by atoms with E-state index in [0.717, 1.165) is 0 Å². The van der Waals surface area contributed by atoms with Gasteiger partial charge in [0.05, 0.1) is 6.10 Å². The van der Waals surface area contributed by atoms with Gasteiger partial charge in [0.1, 0.15) is 23.3 Å². The van der Waals surface area contributed by atoms with Gasteiger partial charge in [0.2, 0.25) is 0 Å². The van der Waals surface area contributed by atoms with Gasteiger partial charge in [-0.2, -0.15) is 0 Å². The molecule has 5 N–H and O–H groups in total. The van der Waals surface area contributed by atoms with Crippen LogP contribution in [0.3, 0.4) is 0 Å². The van der Waals surface area contributed by atoms with Crippen molar-refractivity contribution >= 4 is 5.97 Å². The van der Waals surface area contributed by atoms with E-state index in [2.05, 4.69) is 0 Å². The maximum atomic E-state index is 13.3. The summed E-state index contributed by atoms with van der Waals surface area (Å²) in [7, 11) is 0. The van der Waals surface area contributed by atoms with Crippen LogP contribution in [-0.4, -0.2) is 33.9 Å². The fraction of sp³-hybridized carbons (Fsp3) is 0.364. The molecule has 1 aromatic rings. The van der Waals surface area contributed by atoms with Crippen molar-refractivity contribution in [2.75, 3.05) is 6.54 Å². The lowest BCUT2D eigenvalue weighted by atomic mass is 10.00. The Bertz CT molecular complexity index is 430. The molecule has 2 atom stereocenters. The molecule has 0 aliphatic rings. The van der Waals surface area contributed by atoms with Gasteiger partial charge in [-0.1, -0.05) is 0 Å². The minimum atomic E-state index is -1.74. The van der Waals surface area contributed by atoms with E-state index < -0.39 is 35.4 Å². The molecule has 100 valence electrons. The Labute approximate surface area is 101 Å². The number of aliphatic hydroxyl groups excluding tert-OH is 2. The van der Waals surface area contributed by atoms with Gasteiger partial charge >= 0.3 is 5.97 Å². The van der Waals surface area contributed by atoms with E-state index in [-0.39, 0.29) is 18.5 Å². The molecule has 1 rings (SSSR count). The normalized spacial score (nSPS) is 14.3. The van der Waals surface area contributed by atoms with Crippen molar-refractivity contribution in [1.82, 2.24) is 0 Å². The topological polar surface area (TPSA) is 104 Å². The summed E-state index contributed by atoms with van der Waals surface area (Å²) in [5.74, 6) is -4.36. The molecular formula is C11H13F2NO4. The van der Waals surface area contributed by atoms with Crippen LogP contribution in [0.1, 0.15) is 28.4 Å². The Morgan fingerprint density at radius 3 is 2.17 bits per heavy atom. The SMILES string of the molecule is NCCC(O)C(O)c1cc(F)c(C(=O)O)c(F)c1. The zero-order valence-electron chi connectivity index (χ0n) is 9.31. The van der Waals surface area contributed by atoms with E-state index in [4.69, 9.17) is 10.8 Å². The minimum Gasteiger partial charge on any atom is -0.477 e. The van der Waals surface area contributed by atoms with Crippen molar-refractivity contribution in [2.45, 2.75) is 18.6 Å². The Balaban J connectivity index is 3.10. The van der Waals surface area contributed by atoms with Crippen LogP contribution in [0.5, 0.6) is 0 Å². The second kappa shape index (κ2) is 5.85. The summed E-state index contributed by atoms with van der Waals surface area (Å²) >= 11 is 0. The van der Waals surface area contributed by atoms with E-state index in [1.807, 2.05) is 0 Å². The lowest BCUT2D eigenvalue weighted by Gasteiger charge is -2.18. The summed E-state index contributed by atoms with van der Waals surface area (Å²) < 4.78 is 26.7. The molecule has 0 aromatic heterocycles. The summed E-state index contributed by atoms with van der Waals surface area (Å²) in [5, 5.41) is 27.6. The summed E-state index contributed by atoms with van der Waals surface area (Å²) in [6, 6.07) is 1.36. The number of benzene rings is 1. The Hall–Kier alpha value is -1.57. The van der Waals surface area contributed by atoms with Crippen molar-refractivity contribution in [1.29, 1.82) is 0 Å². The molecule has 0 saturated carbocycles. The second-order valence-corrected chi connectivity index (χ2v) is 3.75. The molecule has 18 heavy (non-hydrogen) atoms. The van der Waals surface area contributed by atoms with Crippen LogP contribution in [0.25, 0.3) is 0 Å². The number of carboxylic acids is 1. The Kier molecular flexibility index (Phi) is 4.71. The fourth-order valence-corrected chi connectivity index (χ4v) is 1.52. The predicted molar refractivity (Wildman–Crippen MR) is 58.0 cm³/mol. The van der Waals surface area contributed by atoms with Gasteiger partial charge in [-0.3, -0.25) is 0 Å². The van der Waals surface area contributed by atoms with E-state index in [0.29, 0.717) is 12.1 Å². The number of rotatable bonds is 5. The first kappa shape index (κ1) is 14.5. The van der Waals surface area contributed by atoms with Crippen LogP contribution in [0.4, 0.5) is 8.78 Å². The molecule has 1 aromatic carbocycles. The van der Waals surface area contributed by atoms with Gasteiger partial charge in [0, 0.05) is 0 Å². The van der Waals surface area contributed by atoms with Crippen molar-refractivity contribution in [2.24, 2.45) is 5.73 Å². The molecule has 0 saturated heterocycles. The first-order valence-electron chi connectivity index (χ1n) is 5.17. The molecule has 2 unspecified atom stereocenters. The molecule has 0 aliphatic heterocycles. The lowest BCUT2D eigenvalue weighted by Crippen LogP contribution is -2.22. The van der Waals surface area contributed by atoms with E-state index in [9.17, 15) is 23.8 Å². The van der Waals surface area contributed by atoms with Crippen LogP contribution in [0, 0.1) is 11.6 Å². The maximum Gasteiger partial charge on any atom is 0.341 e. The largest absolute Gasteiger partial charge is 0.477 e. The van der Waals surface area contributed by atoms with Crippen molar-refractivity contribution < 1.29 is 28.9 Å². The molecule has 0 bridgehead atoms. The quantitative estimate of drug-likeness (QED) is 0.614. The van der Waals surface area contributed by atoms with Gasteiger partial charge in [0.25, 0.3) is 0 Å². The Morgan fingerprint density at radius 2 is 1.78 bits per heavy atom. The van der Waals surface area contributed by atoms with Gasteiger partial charge in [-0.25, -0.2) is 13.6 Å². The van der Waals surface area contributed by atoms with Crippen LogP contribution in [0.15, 0.2) is 12.1 Å². The molecule has 0 radical (unpaired) electrons. The molecule has 7 heteroatoms. The molecule has 0 heterocycles. The summed E-state index contributed by atoms with van der Waals surface area (Å²) in [6.07, 6.45) is -2.75. The number of carboxylic acid groups (broad SMARTS) is 1. The van der Waals surface area contributed by atoms with Crippen LogP contribution in [0.2, 0.25) is 0 Å².